The molecule has 0 unspecified atom stereocenters. The van der Waals surface area contributed by atoms with E-state index in [0.717, 1.165) is 26.9 Å². The molecule has 2 aromatic carbocycles. The standard InChI is InChI=1S/C22H14BrN3O2S/c1-13-3-2-4-15(11-13)20-24-22-26(25-20)21(27)19(29-22)12-17-9-10-18(28-17)14-5-7-16(23)8-6-14/h2-12H,1H3/b19-12-. The third kappa shape index (κ3) is 3.43. The minimum atomic E-state index is -0.196. The molecule has 142 valence electrons. The zero-order valence-electron chi connectivity index (χ0n) is 15.3. The van der Waals surface area contributed by atoms with Crippen LogP contribution in [-0.2, 0) is 0 Å². The van der Waals surface area contributed by atoms with Gasteiger partial charge in [-0.2, -0.15) is 9.50 Å². The third-order valence-corrected chi connectivity index (χ3v) is 5.97. The summed E-state index contributed by atoms with van der Waals surface area (Å²) >= 11 is 4.73. The highest BCUT2D eigenvalue weighted by Crippen LogP contribution is 2.24. The largest absolute Gasteiger partial charge is 0.457 e. The number of halogens is 1. The van der Waals surface area contributed by atoms with Crippen LogP contribution in [0.15, 0.2) is 74.3 Å². The summed E-state index contributed by atoms with van der Waals surface area (Å²) in [4.78, 5) is 17.8. The van der Waals surface area contributed by atoms with Crippen LogP contribution >= 0.6 is 27.3 Å². The van der Waals surface area contributed by atoms with E-state index >= 15 is 0 Å². The van der Waals surface area contributed by atoms with Crippen molar-refractivity contribution in [3.8, 4) is 22.7 Å². The molecule has 3 aromatic heterocycles. The first kappa shape index (κ1) is 18.0. The molecule has 7 heteroatoms. The second-order valence-corrected chi connectivity index (χ2v) is 8.55. The van der Waals surface area contributed by atoms with Gasteiger partial charge in [0.1, 0.15) is 16.1 Å². The maximum Gasteiger partial charge on any atom is 0.291 e. The van der Waals surface area contributed by atoms with Crippen LogP contribution in [0, 0.1) is 6.92 Å². The van der Waals surface area contributed by atoms with Crippen molar-refractivity contribution in [1.82, 2.24) is 14.6 Å². The average Bonchev–Trinajstić information content (AvgIpc) is 3.41. The summed E-state index contributed by atoms with van der Waals surface area (Å²) in [5.41, 5.74) is 2.80. The summed E-state index contributed by atoms with van der Waals surface area (Å²) < 4.78 is 8.79. The predicted molar refractivity (Wildman–Crippen MR) is 118 cm³/mol. The van der Waals surface area contributed by atoms with Crippen molar-refractivity contribution in [3.05, 3.63) is 91.3 Å². The summed E-state index contributed by atoms with van der Waals surface area (Å²) in [5.74, 6) is 1.92. The van der Waals surface area contributed by atoms with Crippen LogP contribution in [0.2, 0.25) is 0 Å². The smallest absolute Gasteiger partial charge is 0.291 e. The van der Waals surface area contributed by atoms with Crippen LogP contribution < -0.4 is 10.1 Å². The highest BCUT2D eigenvalue weighted by Gasteiger charge is 2.12. The molecule has 0 fully saturated rings. The van der Waals surface area contributed by atoms with Crippen molar-refractivity contribution >= 4 is 38.3 Å². The Bertz CT molecular complexity index is 1450. The van der Waals surface area contributed by atoms with Gasteiger partial charge in [0.05, 0.1) is 0 Å². The summed E-state index contributed by atoms with van der Waals surface area (Å²) in [6.07, 6.45) is 1.73. The molecule has 0 N–H and O–H groups in total. The second kappa shape index (κ2) is 7.09. The summed E-state index contributed by atoms with van der Waals surface area (Å²) in [5, 5.41) is 4.40. The number of rotatable bonds is 3. The Balaban J connectivity index is 1.52. The molecule has 0 spiro atoms. The average molecular weight is 464 g/mol. The lowest BCUT2D eigenvalue weighted by molar-refractivity contribution is 0.571. The summed E-state index contributed by atoms with van der Waals surface area (Å²) in [6, 6.07) is 19.5. The lowest BCUT2D eigenvalue weighted by Gasteiger charge is -1.96. The normalized spacial score (nSPS) is 12.1. The van der Waals surface area contributed by atoms with Gasteiger partial charge in [0, 0.05) is 21.7 Å². The molecule has 0 aliphatic heterocycles. The van der Waals surface area contributed by atoms with Gasteiger partial charge in [-0.05, 0) is 37.3 Å². The molecule has 0 bridgehead atoms. The maximum atomic E-state index is 12.8. The number of thiazole rings is 1. The molecule has 0 saturated carbocycles. The molecule has 0 radical (unpaired) electrons. The molecule has 5 rings (SSSR count). The Morgan fingerprint density at radius 2 is 1.90 bits per heavy atom. The summed E-state index contributed by atoms with van der Waals surface area (Å²) in [7, 11) is 0. The van der Waals surface area contributed by atoms with Crippen molar-refractivity contribution in [2.45, 2.75) is 6.92 Å². The van der Waals surface area contributed by atoms with E-state index in [9.17, 15) is 4.79 Å². The SMILES string of the molecule is Cc1cccc(-c2nc3s/c(=C\c4ccc(-c5ccc(Br)cc5)o4)c(=O)n3n2)c1. The van der Waals surface area contributed by atoms with Gasteiger partial charge >= 0.3 is 0 Å². The van der Waals surface area contributed by atoms with Crippen molar-refractivity contribution in [2.24, 2.45) is 0 Å². The molecule has 0 saturated heterocycles. The Labute approximate surface area is 178 Å². The maximum absolute atomic E-state index is 12.8. The van der Waals surface area contributed by atoms with Crippen molar-refractivity contribution in [3.63, 3.8) is 0 Å². The predicted octanol–water partition coefficient (Wildman–Crippen LogP) is 4.70. The van der Waals surface area contributed by atoms with Crippen LogP contribution in [-0.4, -0.2) is 14.6 Å². The number of aryl methyl sites for hydroxylation is 1. The van der Waals surface area contributed by atoms with Gasteiger partial charge in [-0.25, -0.2) is 0 Å². The van der Waals surface area contributed by atoms with E-state index in [1.165, 1.54) is 15.9 Å². The fraction of sp³-hybridized carbons (Fsp3) is 0.0455. The Morgan fingerprint density at radius 1 is 1.07 bits per heavy atom. The molecular weight excluding hydrogens is 450 g/mol. The summed E-state index contributed by atoms with van der Waals surface area (Å²) in [6.45, 7) is 2.01. The third-order valence-electron chi connectivity index (χ3n) is 4.49. The molecule has 3 heterocycles. The second-order valence-electron chi connectivity index (χ2n) is 6.62. The van der Waals surface area contributed by atoms with Crippen LogP contribution in [0.5, 0.6) is 0 Å². The van der Waals surface area contributed by atoms with Gasteiger partial charge in [0.2, 0.25) is 4.96 Å². The zero-order valence-corrected chi connectivity index (χ0v) is 17.7. The molecule has 5 aromatic rings. The van der Waals surface area contributed by atoms with Crippen LogP contribution in [0.25, 0.3) is 33.7 Å². The van der Waals surface area contributed by atoms with E-state index in [1.807, 2.05) is 67.6 Å². The minimum absolute atomic E-state index is 0.196. The molecule has 0 amide bonds. The fourth-order valence-electron chi connectivity index (χ4n) is 3.07. The van der Waals surface area contributed by atoms with Gasteiger partial charge in [-0.15, -0.1) is 5.10 Å². The molecule has 0 aliphatic rings. The molecular formula is C22H14BrN3O2S. The monoisotopic (exact) mass is 463 g/mol. The van der Waals surface area contributed by atoms with Crippen LogP contribution in [0.1, 0.15) is 11.3 Å². The Kier molecular flexibility index (Phi) is 4.41. The number of hydrogen-bond donors (Lipinski definition) is 0. The van der Waals surface area contributed by atoms with Crippen molar-refractivity contribution in [2.75, 3.05) is 0 Å². The number of furan rings is 1. The first-order chi connectivity index (χ1) is 14.1. The fourth-order valence-corrected chi connectivity index (χ4v) is 4.22. The lowest BCUT2D eigenvalue weighted by Crippen LogP contribution is -2.23. The van der Waals surface area contributed by atoms with E-state index in [0.29, 0.717) is 21.1 Å². The van der Waals surface area contributed by atoms with Crippen molar-refractivity contribution < 1.29 is 4.42 Å². The van der Waals surface area contributed by atoms with E-state index in [-0.39, 0.29) is 5.56 Å². The lowest BCUT2D eigenvalue weighted by atomic mass is 10.1. The number of hydrogen-bond acceptors (Lipinski definition) is 5. The van der Waals surface area contributed by atoms with E-state index < -0.39 is 0 Å². The first-order valence-corrected chi connectivity index (χ1v) is 10.5. The van der Waals surface area contributed by atoms with Gasteiger partial charge < -0.3 is 4.42 Å². The number of aromatic nitrogens is 3. The van der Waals surface area contributed by atoms with Gasteiger partial charge in [0.25, 0.3) is 5.56 Å². The Hall–Kier alpha value is -3.03. The van der Waals surface area contributed by atoms with Crippen molar-refractivity contribution in [1.29, 1.82) is 0 Å². The minimum Gasteiger partial charge on any atom is -0.457 e. The highest BCUT2D eigenvalue weighted by molar-refractivity contribution is 9.10. The molecule has 0 aliphatic carbocycles. The van der Waals surface area contributed by atoms with Crippen LogP contribution in [0.3, 0.4) is 0 Å². The topological polar surface area (TPSA) is 60.4 Å². The zero-order chi connectivity index (χ0) is 20.0. The first-order valence-electron chi connectivity index (χ1n) is 8.91. The van der Waals surface area contributed by atoms with Gasteiger partial charge in [-0.1, -0.05) is 63.2 Å². The number of nitrogens with zero attached hydrogens (tertiary/aromatic N) is 3. The molecule has 29 heavy (non-hydrogen) atoms. The Morgan fingerprint density at radius 3 is 2.66 bits per heavy atom. The van der Waals surface area contributed by atoms with Gasteiger partial charge in [-0.3, -0.25) is 4.79 Å². The van der Waals surface area contributed by atoms with Gasteiger partial charge in [0.15, 0.2) is 5.82 Å². The quantitative estimate of drug-likeness (QED) is 0.389. The number of benzene rings is 2. The van der Waals surface area contributed by atoms with Crippen LogP contribution in [0.4, 0.5) is 0 Å². The van der Waals surface area contributed by atoms with E-state index in [4.69, 9.17) is 4.42 Å². The van der Waals surface area contributed by atoms with E-state index in [2.05, 4.69) is 26.0 Å². The molecule has 0 atom stereocenters. The number of fused-ring (bicyclic) bond motifs is 1. The van der Waals surface area contributed by atoms with E-state index in [1.54, 1.807) is 6.08 Å². The molecule has 5 nitrogen and oxygen atoms in total. The highest BCUT2D eigenvalue weighted by atomic mass is 79.9.